The van der Waals surface area contributed by atoms with Crippen LogP contribution in [0.1, 0.15) is 48.0 Å². The van der Waals surface area contributed by atoms with Crippen LogP contribution in [0.25, 0.3) is 0 Å². The first-order chi connectivity index (χ1) is 9.80. The largest absolute Gasteiger partial charge is 0.481 e. The first kappa shape index (κ1) is 18.3. The summed E-state index contributed by atoms with van der Waals surface area (Å²) in [6.45, 7) is 10.1. The highest BCUT2D eigenvalue weighted by molar-refractivity contribution is 5.88. The van der Waals surface area contributed by atoms with Crippen molar-refractivity contribution in [3.63, 3.8) is 0 Å². The topological polar surface area (TPSA) is 93.1 Å². The molecule has 0 spiro atoms. The number of hydrogen-bond acceptors (Lipinski definition) is 5. The summed E-state index contributed by atoms with van der Waals surface area (Å²) in [4.78, 5) is 36.1. The van der Waals surface area contributed by atoms with Crippen LogP contribution < -0.4 is 0 Å². The zero-order chi connectivity index (χ0) is 17.3. The Kier molecular flexibility index (Phi) is 5.10. The van der Waals surface area contributed by atoms with Gasteiger partial charge in [0.05, 0.1) is 5.92 Å². The predicted octanol–water partition coefficient (Wildman–Crippen LogP) is 2.88. The minimum atomic E-state index is -0.918. The summed E-state index contributed by atoms with van der Waals surface area (Å²) in [6.07, 6.45) is -1.20. The second-order valence-electron chi connectivity index (χ2n) is 7.51. The predicted molar refractivity (Wildman–Crippen MR) is 78.4 cm³/mol. The van der Waals surface area contributed by atoms with Crippen LogP contribution >= 0.6 is 0 Å². The summed E-state index contributed by atoms with van der Waals surface area (Å²) in [5.74, 6) is -1.69. The molecule has 2 amide bonds. The zero-order valence-electron chi connectivity index (χ0n) is 14.0. The first-order valence-electron chi connectivity index (χ1n) is 7.26. The van der Waals surface area contributed by atoms with Crippen LogP contribution in [-0.4, -0.2) is 45.9 Å². The van der Waals surface area contributed by atoms with Gasteiger partial charge in [0.2, 0.25) is 0 Å². The lowest BCUT2D eigenvalue weighted by molar-refractivity contribution is -0.138. The lowest BCUT2D eigenvalue weighted by atomic mass is 10.2. The number of ether oxygens (including phenoxy) is 2. The number of hydrogen-bond donors (Lipinski definition) is 1. The molecule has 0 aromatic heterocycles. The molecule has 0 heterocycles. The van der Waals surface area contributed by atoms with E-state index in [9.17, 15) is 14.4 Å². The maximum Gasteiger partial charge on any atom is 0.419 e. The monoisotopic (exact) mass is 315 g/mol. The molecule has 0 saturated heterocycles. The summed E-state index contributed by atoms with van der Waals surface area (Å²) in [7, 11) is 0. The molecule has 0 radical (unpaired) electrons. The molecule has 0 aliphatic heterocycles. The molecule has 0 aromatic carbocycles. The number of nitrogens with zero attached hydrogens (tertiary/aromatic N) is 1. The fraction of sp³-hybridized carbons (Fsp3) is 0.800. The van der Waals surface area contributed by atoms with E-state index in [2.05, 4.69) is 0 Å². The van der Waals surface area contributed by atoms with E-state index in [0.29, 0.717) is 6.42 Å². The Balaban J connectivity index is 2.79. The number of carboxylic acids is 1. The van der Waals surface area contributed by atoms with Gasteiger partial charge in [-0.3, -0.25) is 4.79 Å². The van der Waals surface area contributed by atoms with Crippen molar-refractivity contribution in [2.24, 2.45) is 11.8 Å². The van der Waals surface area contributed by atoms with Crippen LogP contribution in [0.5, 0.6) is 0 Å². The fourth-order valence-corrected chi connectivity index (χ4v) is 1.84. The van der Waals surface area contributed by atoms with Crippen molar-refractivity contribution in [2.75, 3.05) is 6.54 Å². The molecule has 0 bridgehead atoms. The molecule has 22 heavy (non-hydrogen) atoms. The van der Waals surface area contributed by atoms with Gasteiger partial charge in [0.1, 0.15) is 11.2 Å². The van der Waals surface area contributed by atoms with E-state index in [1.165, 1.54) is 0 Å². The van der Waals surface area contributed by atoms with Crippen LogP contribution in [0, 0.1) is 11.8 Å². The third-order valence-corrected chi connectivity index (χ3v) is 2.88. The lowest BCUT2D eigenvalue weighted by Crippen LogP contribution is -2.44. The van der Waals surface area contributed by atoms with E-state index >= 15 is 0 Å². The van der Waals surface area contributed by atoms with E-state index in [4.69, 9.17) is 14.6 Å². The van der Waals surface area contributed by atoms with Gasteiger partial charge in [0.25, 0.3) is 0 Å². The van der Waals surface area contributed by atoms with Gasteiger partial charge in [-0.15, -0.1) is 0 Å². The third kappa shape index (κ3) is 5.91. The van der Waals surface area contributed by atoms with Gasteiger partial charge >= 0.3 is 18.2 Å². The van der Waals surface area contributed by atoms with Crippen LogP contribution in [0.2, 0.25) is 0 Å². The van der Waals surface area contributed by atoms with E-state index in [1.807, 2.05) is 0 Å². The minimum Gasteiger partial charge on any atom is -0.481 e. The molecule has 126 valence electrons. The molecular formula is C15H25NO6. The minimum absolute atomic E-state index is 0.0131. The number of rotatable bonds is 3. The SMILES string of the molecule is CC(C)(C)OC(=O)N(C[C@@H]1C[C@H]1C(=O)O)C(=O)OC(C)(C)C. The highest BCUT2D eigenvalue weighted by atomic mass is 16.6. The van der Waals surface area contributed by atoms with Crippen molar-refractivity contribution in [2.45, 2.75) is 59.2 Å². The van der Waals surface area contributed by atoms with Gasteiger partial charge in [0.15, 0.2) is 0 Å². The second-order valence-corrected chi connectivity index (χ2v) is 7.51. The molecule has 0 aromatic rings. The average molecular weight is 315 g/mol. The molecule has 1 aliphatic rings. The Labute approximate surface area is 130 Å². The van der Waals surface area contributed by atoms with Crippen molar-refractivity contribution in [3.8, 4) is 0 Å². The van der Waals surface area contributed by atoms with Crippen molar-refractivity contribution in [3.05, 3.63) is 0 Å². The number of carboxylic acid groups (broad SMARTS) is 1. The number of carbonyl (C=O) groups is 3. The van der Waals surface area contributed by atoms with Crippen molar-refractivity contribution < 1.29 is 29.0 Å². The van der Waals surface area contributed by atoms with Gasteiger partial charge in [-0.05, 0) is 53.9 Å². The second kappa shape index (κ2) is 6.14. The molecular weight excluding hydrogens is 290 g/mol. The van der Waals surface area contributed by atoms with Crippen molar-refractivity contribution in [1.82, 2.24) is 4.90 Å². The lowest BCUT2D eigenvalue weighted by Gasteiger charge is -2.28. The Morgan fingerprint density at radius 3 is 1.68 bits per heavy atom. The maximum absolute atomic E-state index is 12.2. The van der Waals surface area contributed by atoms with Crippen LogP contribution in [-0.2, 0) is 14.3 Å². The molecule has 1 saturated carbocycles. The normalized spacial score (nSPS) is 21.0. The first-order valence-corrected chi connectivity index (χ1v) is 7.26. The summed E-state index contributed by atoms with van der Waals surface area (Å²) in [6, 6.07) is 0. The molecule has 2 atom stereocenters. The number of amides is 2. The van der Waals surface area contributed by atoms with E-state index in [-0.39, 0.29) is 12.5 Å². The van der Waals surface area contributed by atoms with Gasteiger partial charge in [-0.1, -0.05) is 0 Å². The van der Waals surface area contributed by atoms with Crippen LogP contribution in [0.3, 0.4) is 0 Å². The molecule has 7 heteroatoms. The number of carbonyl (C=O) groups excluding carboxylic acids is 2. The Hall–Kier alpha value is -1.79. The third-order valence-electron chi connectivity index (χ3n) is 2.88. The molecule has 1 fully saturated rings. The van der Waals surface area contributed by atoms with Crippen LogP contribution in [0.4, 0.5) is 9.59 Å². The summed E-state index contributed by atoms with van der Waals surface area (Å²) in [5.41, 5.74) is -1.51. The molecule has 0 unspecified atom stereocenters. The summed E-state index contributed by atoms with van der Waals surface area (Å²) >= 11 is 0. The van der Waals surface area contributed by atoms with E-state index in [0.717, 1.165) is 4.90 Å². The molecule has 7 nitrogen and oxygen atoms in total. The summed E-state index contributed by atoms with van der Waals surface area (Å²) in [5, 5.41) is 8.94. The highest BCUT2D eigenvalue weighted by Crippen LogP contribution is 2.39. The fourth-order valence-electron chi connectivity index (χ4n) is 1.84. The van der Waals surface area contributed by atoms with Gasteiger partial charge in [0, 0.05) is 6.54 Å². The zero-order valence-corrected chi connectivity index (χ0v) is 14.0. The van der Waals surface area contributed by atoms with Crippen molar-refractivity contribution >= 4 is 18.2 Å². The van der Waals surface area contributed by atoms with E-state index in [1.54, 1.807) is 41.5 Å². The molecule has 1 N–H and O–H groups in total. The Morgan fingerprint density at radius 2 is 1.41 bits per heavy atom. The van der Waals surface area contributed by atoms with Gasteiger partial charge < -0.3 is 14.6 Å². The molecule has 1 rings (SSSR count). The molecule has 1 aliphatic carbocycles. The van der Waals surface area contributed by atoms with Crippen LogP contribution in [0.15, 0.2) is 0 Å². The quantitative estimate of drug-likeness (QED) is 0.860. The van der Waals surface area contributed by atoms with E-state index < -0.39 is 35.3 Å². The summed E-state index contributed by atoms with van der Waals surface area (Å²) < 4.78 is 10.4. The Bertz CT molecular complexity index is 432. The maximum atomic E-state index is 12.2. The highest BCUT2D eigenvalue weighted by Gasteiger charge is 2.46. The van der Waals surface area contributed by atoms with Gasteiger partial charge in [-0.25, -0.2) is 14.5 Å². The smallest absolute Gasteiger partial charge is 0.419 e. The Morgan fingerprint density at radius 1 is 1.00 bits per heavy atom. The number of imide groups is 1. The van der Waals surface area contributed by atoms with Crippen molar-refractivity contribution in [1.29, 1.82) is 0 Å². The standard InChI is InChI=1S/C15H25NO6/c1-14(2,3)21-12(19)16(13(20)22-15(4,5)6)8-9-7-10(9)11(17)18/h9-10H,7-8H2,1-6H3,(H,17,18)/t9-,10+/m0/s1. The number of aliphatic carboxylic acids is 1. The van der Waals surface area contributed by atoms with Gasteiger partial charge in [-0.2, -0.15) is 0 Å². The average Bonchev–Trinajstić information content (AvgIpc) is 2.99.